The van der Waals surface area contributed by atoms with Crippen molar-refractivity contribution in [3.8, 4) is 0 Å². The van der Waals surface area contributed by atoms with Crippen LogP contribution in [0.4, 0.5) is 0 Å². The molecule has 2 atom stereocenters. The largest absolute Gasteiger partial charge is 0.343 e. The first-order valence-electron chi connectivity index (χ1n) is 4.19. The lowest BCUT2D eigenvalue weighted by atomic mass is 10.0. The second-order valence-electron chi connectivity index (χ2n) is 3.83. The number of hydrogen-bond acceptors (Lipinski definition) is 3. The third-order valence-electron chi connectivity index (χ3n) is 2.33. The molecule has 2 heterocycles. The molecule has 2 unspecified atom stereocenters. The molecule has 0 aromatic carbocycles. The Morgan fingerprint density at radius 3 is 2.92 bits per heavy atom. The smallest absolute Gasteiger partial charge is 0.249 e. The molecule has 0 saturated carbocycles. The van der Waals surface area contributed by atoms with Crippen LogP contribution in [0, 0.1) is 0 Å². The first kappa shape index (κ1) is 8.44. The van der Waals surface area contributed by atoms with E-state index < -0.39 is 5.54 Å². The summed E-state index contributed by atoms with van der Waals surface area (Å²) in [4.78, 5) is 23.7. The zero-order valence-corrected chi connectivity index (χ0v) is 7.56. The predicted molar refractivity (Wildman–Crippen MR) is 44.8 cm³/mol. The maximum absolute atomic E-state index is 11.4. The maximum atomic E-state index is 11.4. The summed E-state index contributed by atoms with van der Waals surface area (Å²) < 4.78 is 5.21. The van der Waals surface area contributed by atoms with Crippen molar-refractivity contribution in [2.75, 3.05) is 0 Å². The van der Waals surface area contributed by atoms with E-state index in [1.54, 1.807) is 19.9 Å². The summed E-state index contributed by atoms with van der Waals surface area (Å²) >= 11 is 0. The van der Waals surface area contributed by atoms with Gasteiger partial charge in [0.2, 0.25) is 5.91 Å². The van der Waals surface area contributed by atoms with Crippen LogP contribution in [0.1, 0.15) is 13.8 Å². The summed E-state index contributed by atoms with van der Waals surface area (Å²) in [6, 6.07) is 0. The Morgan fingerprint density at radius 2 is 2.31 bits per heavy atom. The fourth-order valence-electron chi connectivity index (χ4n) is 1.52. The molecule has 2 aliphatic heterocycles. The molecular formula is C9H11NO3. The van der Waals surface area contributed by atoms with E-state index in [9.17, 15) is 9.59 Å². The van der Waals surface area contributed by atoms with E-state index in [1.807, 2.05) is 0 Å². The Balaban J connectivity index is 2.28. The molecule has 70 valence electrons. The van der Waals surface area contributed by atoms with Gasteiger partial charge < -0.3 is 9.53 Å². The molecule has 4 nitrogen and oxygen atoms in total. The van der Waals surface area contributed by atoms with Gasteiger partial charge in [-0.1, -0.05) is 0 Å². The van der Waals surface area contributed by atoms with Gasteiger partial charge in [-0.05, 0) is 19.9 Å². The van der Waals surface area contributed by atoms with Crippen LogP contribution in [0.3, 0.4) is 0 Å². The van der Waals surface area contributed by atoms with Gasteiger partial charge in [-0.3, -0.25) is 9.69 Å². The highest BCUT2D eigenvalue weighted by molar-refractivity contribution is 5.92. The zero-order chi connectivity index (χ0) is 9.64. The van der Waals surface area contributed by atoms with Crippen LogP contribution in [0.25, 0.3) is 0 Å². The van der Waals surface area contributed by atoms with E-state index in [0.29, 0.717) is 0 Å². The number of aldehydes is 1. The molecule has 1 saturated heterocycles. The lowest BCUT2D eigenvalue weighted by Gasteiger charge is -2.33. The number of fused-ring (bicyclic) bond motifs is 1. The Morgan fingerprint density at radius 1 is 1.62 bits per heavy atom. The van der Waals surface area contributed by atoms with E-state index in [2.05, 4.69) is 0 Å². The molecule has 1 fully saturated rings. The molecule has 0 aromatic rings. The molecule has 0 aliphatic carbocycles. The van der Waals surface area contributed by atoms with Crippen LogP contribution in [-0.2, 0) is 14.3 Å². The zero-order valence-electron chi connectivity index (χ0n) is 7.56. The fourth-order valence-corrected chi connectivity index (χ4v) is 1.52. The van der Waals surface area contributed by atoms with Crippen molar-refractivity contribution in [3.05, 3.63) is 12.2 Å². The van der Waals surface area contributed by atoms with Gasteiger partial charge in [-0.15, -0.1) is 0 Å². The highest BCUT2D eigenvalue weighted by atomic mass is 16.6. The standard InChI is InChI=1S/C9H11NO3/c1-9(2,5-11)10-7(12)4-3-6-8(10)13-6/h3-6,8H,1-2H3. The number of epoxide rings is 1. The third-order valence-corrected chi connectivity index (χ3v) is 2.33. The number of amides is 1. The van der Waals surface area contributed by atoms with Crippen LogP contribution in [0.5, 0.6) is 0 Å². The molecule has 2 aliphatic rings. The van der Waals surface area contributed by atoms with Crippen molar-refractivity contribution in [2.24, 2.45) is 0 Å². The number of rotatable bonds is 2. The van der Waals surface area contributed by atoms with Crippen molar-refractivity contribution in [1.29, 1.82) is 0 Å². The van der Waals surface area contributed by atoms with Gasteiger partial charge in [0.15, 0.2) is 6.23 Å². The van der Waals surface area contributed by atoms with E-state index in [1.165, 1.54) is 11.0 Å². The highest BCUT2D eigenvalue weighted by Crippen LogP contribution is 2.35. The highest BCUT2D eigenvalue weighted by Gasteiger charge is 2.51. The van der Waals surface area contributed by atoms with Crippen molar-refractivity contribution >= 4 is 12.2 Å². The number of nitrogens with zero attached hydrogens (tertiary/aromatic N) is 1. The topological polar surface area (TPSA) is 49.9 Å². The van der Waals surface area contributed by atoms with Gasteiger partial charge in [0.25, 0.3) is 0 Å². The summed E-state index contributed by atoms with van der Waals surface area (Å²) in [5, 5.41) is 0. The summed E-state index contributed by atoms with van der Waals surface area (Å²) in [7, 11) is 0. The Kier molecular flexibility index (Phi) is 1.57. The first-order valence-corrected chi connectivity index (χ1v) is 4.19. The molecule has 2 rings (SSSR count). The molecule has 4 heteroatoms. The van der Waals surface area contributed by atoms with Crippen LogP contribution in [0.15, 0.2) is 12.2 Å². The summed E-state index contributed by atoms with van der Waals surface area (Å²) in [5.41, 5.74) is -0.777. The fraction of sp³-hybridized carbons (Fsp3) is 0.556. The van der Waals surface area contributed by atoms with E-state index in [0.717, 1.165) is 6.29 Å². The van der Waals surface area contributed by atoms with Crippen molar-refractivity contribution in [2.45, 2.75) is 31.7 Å². The molecule has 0 bridgehead atoms. The van der Waals surface area contributed by atoms with Crippen molar-refractivity contribution < 1.29 is 14.3 Å². The monoisotopic (exact) mass is 181 g/mol. The normalized spacial score (nSPS) is 31.5. The van der Waals surface area contributed by atoms with Gasteiger partial charge in [0, 0.05) is 6.08 Å². The van der Waals surface area contributed by atoms with Crippen LogP contribution in [-0.4, -0.2) is 35.0 Å². The SMILES string of the molecule is CC(C)(C=O)N1C(=O)C=CC2OC21. The van der Waals surface area contributed by atoms with E-state index in [4.69, 9.17) is 4.74 Å². The number of carbonyl (C=O) groups excluding carboxylic acids is 2. The summed E-state index contributed by atoms with van der Waals surface area (Å²) in [6.07, 6.45) is 3.72. The van der Waals surface area contributed by atoms with Crippen molar-refractivity contribution in [3.63, 3.8) is 0 Å². The van der Waals surface area contributed by atoms with E-state index in [-0.39, 0.29) is 18.2 Å². The molecule has 0 spiro atoms. The number of hydrogen-bond donors (Lipinski definition) is 0. The average molecular weight is 181 g/mol. The molecule has 1 amide bonds. The number of ether oxygens (including phenoxy) is 1. The minimum absolute atomic E-state index is 0.00285. The summed E-state index contributed by atoms with van der Waals surface area (Å²) in [6.45, 7) is 3.41. The average Bonchev–Trinajstić information content (AvgIpc) is 2.82. The number of carbonyl (C=O) groups is 2. The molecule has 0 N–H and O–H groups in total. The quantitative estimate of drug-likeness (QED) is 0.448. The van der Waals surface area contributed by atoms with Crippen LogP contribution < -0.4 is 0 Å². The molecular weight excluding hydrogens is 170 g/mol. The van der Waals surface area contributed by atoms with Gasteiger partial charge in [-0.2, -0.15) is 0 Å². The maximum Gasteiger partial charge on any atom is 0.249 e. The van der Waals surface area contributed by atoms with Gasteiger partial charge >= 0.3 is 0 Å². The second-order valence-corrected chi connectivity index (χ2v) is 3.83. The molecule has 0 radical (unpaired) electrons. The molecule has 0 aromatic heterocycles. The minimum atomic E-state index is -0.777. The van der Waals surface area contributed by atoms with Crippen LogP contribution in [0.2, 0.25) is 0 Å². The summed E-state index contributed by atoms with van der Waals surface area (Å²) in [5.74, 6) is -0.157. The van der Waals surface area contributed by atoms with Gasteiger partial charge in [0.1, 0.15) is 12.4 Å². The lowest BCUT2D eigenvalue weighted by Crippen LogP contribution is -2.51. The van der Waals surface area contributed by atoms with Gasteiger partial charge in [0.05, 0.1) is 5.54 Å². The minimum Gasteiger partial charge on any atom is -0.343 e. The predicted octanol–water partition coefficient (Wildman–Crippen LogP) is 0.0872. The van der Waals surface area contributed by atoms with E-state index >= 15 is 0 Å². The first-order chi connectivity index (χ1) is 6.06. The second kappa shape index (κ2) is 2.42. The van der Waals surface area contributed by atoms with Crippen LogP contribution >= 0.6 is 0 Å². The van der Waals surface area contributed by atoms with Gasteiger partial charge in [-0.25, -0.2) is 0 Å². The Labute approximate surface area is 76.2 Å². The molecule has 13 heavy (non-hydrogen) atoms. The third kappa shape index (κ3) is 1.18. The Hall–Kier alpha value is -1.16. The Bertz CT molecular complexity index is 295. The van der Waals surface area contributed by atoms with Crippen molar-refractivity contribution in [1.82, 2.24) is 4.90 Å². The lowest BCUT2D eigenvalue weighted by molar-refractivity contribution is -0.139.